The fourth-order valence-electron chi connectivity index (χ4n) is 6.66. The second-order valence-corrected chi connectivity index (χ2v) is 14.4. The molecule has 252 valence electrons. The highest BCUT2D eigenvalue weighted by molar-refractivity contribution is 5.96. The van der Waals surface area contributed by atoms with E-state index in [-0.39, 0.29) is 23.7 Å². The van der Waals surface area contributed by atoms with Gasteiger partial charge in [0.25, 0.3) is 5.91 Å². The van der Waals surface area contributed by atoms with Crippen molar-refractivity contribution in [2.24, 2.45) is 5.73 Å². The SMILES string of the molecule is Cc1cc(Nc2nc(N[C@@H]3CCN(C(=O)OC(C)(C)C)C3)c(C(C)C)nc2C(N)=O)ccc1N1CCC(N2CCN(C)CC2)CC1. The molecule has 12 heteroatoms. The summed E-state index contributed by atoms with van der Waals surface area (Å²) in [7, 11) is 2.21. The molecule has 3 saturated heterocycles. The maximum Gasteiger partial charge on any atom is 0.410 e. The highest BCUT2D eigenvalue weighted by Gasteiger charge is 2.32. The molecule has 0 radical (unpaired) electrons. The number of aryl methyl sites for hydroxylation is 1. The molecular formula is C34H53N9O3. The number of hydrogen-bond donors (Lipinski definition) is 3. The van der Waals surface area contributed by atoms with E-state index in [4.69, 9.17) is 20.4 Å². The summed E-state index contributed by atoms with van der Waals surface area (Å²) in [6, 6.07) is 6.90. The standard InChI is InChI=1S/C34H53N9O3/c1-22(2)28-31(37-25-10-13-43(21-25)33(45)46-34(4,5)6)39-32(29(38-28)30(35)44)36-24-8-9-27(23(3)20-24)42-14-11-26(12-15-42)41-18-16-40(7)17-19-41/h8-9,20,22,25-26H,10-19,21H2,1-7H3,(H2,35,44)(H2,36,37,39)/t25-/m1/s1. The Labute approximate surface area is 274 Å². The van der Waals surface area contributed by atoms with Gasteiger partial charge in [0.15, 0.2) is 17.3 Å². The van der Waals surface area contributed by atoms with Crippen molar-refractivity contribution in [3.8, 4) is 0 Å². The molecule has 0 bridgehead atoms. The Hall–Kier alpha value is -3.64. The number of anilines is 4. The van der Waals surface area contributed by atoms with E-state index < -0.39 is 11.5 Å². The van der Waals surface area contributed by atoms with E-state index in [0.717, 1.165) is 56.9 Å². The van der Waals surface area contributed by atoms with Gasteiger partial charge in [-0.25, -0.2) is 14.8 Å². The van der Waals surface area contributed by atoms with Gasteiger partial charge in [0.2, 0.25) is 0 Å². The number of aromatic nitrogens is 2. The molecular weight excluding hydrogens is 582 g/mol. The van der Waals surface area contributed by atoms with E-state index in [1.54, 1.807) is 4.90 Å². The Balaban J connectivity index is 1.28. The Morgan fingerprint density at radius 3 is 2.28 bits per heavy atom. The smallest absolute Gasteiger partial charge is 0.410 e. The fraction of sp³-hybridized carbons (Fsp3) is 0.647. The maximum atomic E-state index is 12.6. The Morgan fingerprint density at radius 1 is 0.978 bits per heavy atom. The lowest BCUT2D eigenvalue weighted by atomic mass is 10.0. The minimum absolute atomic E-state index is 0.00701. The molecule has 2 amide bonds. The first-order chi connectivity index (χ1) is 21.8. The van der Waals surface area contributed by atoms with Crippen molar-refractivity contribution in [1.29, 1.82) is 0 Å². The Morgan fingerprint density at radius 2 is 1.67 bits per heavy atom. The van der Waals surface area contributed by atoms with Gasteiger partial charge in [0.05, 0.1) is 5.69 Å². The molecule has 5 rings (SSSR count). The number of nitrogens with one attached hydrogen (secondary N) is 2. The van der Waals surface area contributed by atoms with Gasteiger partial charge in [-0.2, -0.15) is 0 Å². The quantitative estimate of drug-likeness (QED) is 0.384. The summed E-state index contributed by atoms with van der Waals surface area (Å²) in [6.07, 6.45) is 2.77. The zero-order valence-corrected chi connectivity index (χ0v) is 28.7. The van der Waals surface area contributed by atoms with Crippen LogP contribution in [0.1, 0.15) is 81.5 Å². The van der Waals surface area contributed by atoms with Crippen molar-refractivity contribution < 1.29 is 14.3 Å². The number of ether oxygens (including phenoxy) is 1. The first-order valence-electron chi connectivity index (χ1n) is 16.8. The van der Waals surface area contributed by atoms with Crippen LogP contribution >= 0.6 is 0 Å². The van der Waals surface area contributed by atoms with Crippen molar-refractivity contribution in [2.45, 2.75) is 84.4 Å². The van der Waals surface area contributed by atoms with Gasteiger partial charge >= 0.3 is 6.09 Å². The lowest BCUT2D eigenvalue weighted by Crippen LogP contribution is -2.52. The van der Waals surface area contributed by atoms with Gasteiger partial charge in [-0.15, -0.1) is 0 Å². The molecule has 0 saturated carbocycles. The number of nitrogens with two attached hydrogens (primary N) is 1. The molecule has 1 aromatic carbocycles. The summed E-state index contributed by atoms with van der Waals surface area (Å²) in [5, 5.41) is 6.83. The van der Waals surface area contributed by atoms with Crippen LogP contribution in [0.25, 0.3) is 0 Å². The Bertz CT molecular complexity index is 1390. The highest BCUT2D eigenvalue weighted by atomic mass is 16.6. The molecule has 46 heavy (non-hydrogen) atoms. The molecule has 1 atom stereocenters. The van der Waals surface area contributed by atoms with E-state index in [9.17, 15) is 9.59 Å². The van der Waals surface area contributed by atoms with E-state index in [1.807, 2.05) is 40.7 Å². The van der Waals surface area contributed by atoms with Crippen LogP contribution in [-0.2, 0) is 4.74 Å². The maximum absolute atomic E-state index is 12.6. The number of benzene rings is 1. The molecule has 3 fully saturated rings. The molecule has 1 aromatic heterocycles. The number of hydrogen-bond acceptors (Lipinski definition) is 10. The van der Waals surface area contributed by atoms with Gasteiger partial charge in [0, 0.05) is 75.8 Å². The number of piperidine rings is 1. The van der Waals surface area contributed by atoms with Crippen molar-refractivity contribution in [1.82, 2.24) is 24.7 Å². The second kappa shape index (κ2) is 14.0. The van der Waals surface area contributed by atoms with Crippen LogP contribution in [0.5, 0.6) is 0 Å². The third-order valence-corrected chi connectivity index (χ3v) is 9.20. The molecule has 0 aliphatic carbocycles. The molecule has 4 heterocycles. The van der Waals surface area contributed by atoms with Gasteiger partial charge in [-0.05, 0) is 83.7 Å². The van der Waals surface area contributed by atoms with Crippen LogP contribution in [0.15, 0.2) is 18.2 Å². The monoisotopic (exact) mass is 635 g/mol. The molecule has 3 aliphatic heterocycles. The number of carbonyl (C=O) groups excluding carboxylic acids is 2. The molecule has 12 nitrogen and oxygen atoms in total. The summed E-state index contributed by atoms with van der Waals surface area (Å²) in [6.45, 7) is 19.5. The van der Waals surface area contributed by atoms with E-state index >= 15 is 0 Å². The first kappa shape index (κ1) is 33.7. The summed E-state index contributed by atoms with van der Waals surface area (Å²) in [5.74, 6) is 0.237. The van der Waals surface area contributed by atoms with Crippen LogP contribution in [0, 0.1) is 6.92 Å². The number of carbonyl (C=O) groups is 2. The second-order valence-electron chi connectivity index (χ2n) is 14.4. The number of likely N-dealkylation sites (N-methyl/N-ethyl adjacent to an activating group) is 1. The number of amides is 2. The Kier molecular flexibility index (Phi) is 10.3. The topological polar surface area (TPSA) is 132 Å². The van der Waals surface area contributed by atoms with Crippen LogP contribution in [0.2, 0.25) is 0 Å². The van der Waals surface area contributed by atoms with Gasteiger partial charge in [-0.1, -0.05) is 13.8 Å². The number of nitrogens with zero attached hydrogens (tertiary/aromatic N) is 6. The van der Waals surface area contributed by atoms with Gasteiger partial charge in [-0.3, -0.25) is 9.69 Å². The zero-order chi connectivity index (χ0) is 33.2. The van der Waals surface area contributed by atoms with E-state index in [2.05, 4.69) is 51.4 Å². The van der Waals surface area contributed by atoms with Crippen molar-refractivity contribution in [3.63, 3.8) is 0 Å². The molecule has 2 aromatic rings. The third-order valence-electron chi connectivity index (χ3n) is 9.20. The molecule has 4 N–H and O–H groups in total. The summed E-state index contributed by atoms with van der Waals surface area (Å²) in [5.41, 5.74) is 9.20. The highest BCUT2D eigenvalue weighted by Crippen LogP contribution is 2.32. The van der Waals surface area contributed by atoms with Crippen LogP contribution in [0.3, 0.4) is 0 Å². The van der Waals surface area contributed by atoms with E-state index in [0.29, 0.717) is 36.5 Å². The molecule has 0 unspecified atom stereocenters. The zero-order valence-electron chi connectivity index (χ0n) is 28.7. The lowest BCUT2D eigenvalue weighted by molar-refractivity contribution is 0.0293. The number of piperazine rings is 1. The number of likely N-dealkylation sites (tertiary alicyclic amines) is 1. The number of rotatable bonds is 8. The van der Waals surface area contributed by atoms with Crippen LogP contribution in [-0.4, -0.2) is 114 Å². The van der Waals surface area contributed by atoms with Crippen molar-refractivity contribution >= 4 is 35.0 Å². The summed E-state index contributed by atoms with van der Waals surface area (Å²) in [4.78, 5) is 44.0. The molecule has 0 spiro atoms. The number of primary amides is 1. The van der Waals surface area contributed by atoms with Gasteiger partial charge in [0.1, 0.15) is 5.60 Å². The fourth-order valence-corrected chi connectivity index (χ4v) is 6.66. The summed E-state index contributed by atoms with van der Waals surface area (Å²) < 4.78 is 5.56. The predicted molar refractivity (Wildman–Crippen MR) is 183 cm³/mol. The minimum Gasteiger partial charge on any atom is -0.444 e. The van der Waals surface area contributed by atoms with Gasteiger partial charge < -0.3 is 35.8 Å². The summed E-state index contributed by atoms with van der Waals surface area (Å²) >= 11 is 0. The van der Waals surface area contributed by atoms with Crippen LogP contribution < -0.4 is 21.3 Å². The van der Waals surface area contributed by atoms with Crippen LogP contribution in [0.4, 0.5) is 27.8 Å². The first-order valence-corrected chi connectivity index (χ1v) is 16.8. The lowest BCUT2D eigenvalue weighted by Gasteiger charge is -2.43. The molecule has 3 aliphatic rings. The van der Waals surface area contributed by atoms with E-state index in [1.165, 1.54) is 18.5 Å². The predicted octanol–water partition coefficient (Wildman–Crippen LogP) is 4.39. The average molecular weight is 636 g/mol. The van der Waals surface area contributed by atoms with Crippen molar-refractivity contribution in [3.05, 3.63) is 35.2 Å². The minimum atomic E-state index is -0.642. The normalized spacial score (nSPS) is 20.3. The third kappa shape index (κ3) is 8.19. The van der Waals surface area contributed by atoms with Crippen molar-refractivity contribution in [2.75, 3.05) is 74.9 Å². The largest absolute Gasteiger partial charge is 0.444 e. The average Bonchev–Trinajstić information content (AvgIpc) is 3.46.